The van der Waals surface area contributed by atoms with Crippen LogP contribution in [0.25, 0.3) is 0 Å². The number of carbonyl (C=O) groups excluding carboxylic acids is 2. The molecule has 1 fully saturated rings. The highest BCUT2D eigenvalue weighted by molar-refractivity contribution is 6.42. The minimum Gasteiger partial charge on any atom is -0.497 e. The van der Waals surface area contributed by atoms with Gasteiger partial charge in [0, 0.05) is 37.5 Å². The van der Waals surface area contributed by atoms with Crippen LogP contribution in [0, 0.1) is 0 Å². The highest BCUT2D eigenvalue weighted by Crippen LogP contribution is 2.42. The van der Waals surface area contributed by atoms with Crippen LogP contribution in [-0.2, 0) is 27.8 Å². The fraction of sp³-hybridized carbons (Fsp3) is 0.433. The Morgan fingerprint density at radius 3 is 2.49 bits per heavy atom. The van der Waals surface area contributed by atoms with E-state index in [0.29, 0.717) is 36.0 Å². The molecular formula is C30H36Cl2N4O3. The highest BCUT2D eigenvalue weighted by atomic mass is 35.5. The third-order valence-corrected chi connectivity index (χ3v) is 8.34. The first-order valence-corrected chi connectivity index (χ1v) is 14.2. The Hall–Kier alpha value is -3.03. The molecule has 2 N–H and O–H groups in total. The molecule has 1 aliphatic heterocycles. The summed E-state index contributed by atoms with van der Waals surface area (Å²) in [6.45, 7) is 3.43. The van der Waals surface area contributed by atoms with E-state index in [4.69, 9.17) is 33.7 Å². The number of likely N-dealkylation sites (tertiary alicyclic amines) is 1. The predicted molar refractivity (Wildman–Crippen MR) is 154 cm³/mol. The first-order chi connectivity index (χ1) is 18.7. The average molecular weight is 572 g/mol. The molecule has 0 unspecified atom stereocenters. The van der Waals surface area contributed by atoms with E-state index in [2.05, 4.69) is 11.9 Å². The van der Waals surface area contributed by atoms with Gasteiger partial charge in [-0.1, -0.05) is 67.6 Å². The summed E-state index contributed by atoms with van der Waals surface area (Å²) in [5.41, 5.74) is 8.04. The minimum absolute atomic E-state index is 0.0378. The lowest BCUT2D eigenvalue weighted by Crippen LogP contribution is -2.62. The number of rotatable bonds is 13. The van der Waals surface area contributed by atoms with Gasteiger partial charge in [-0.15, -0.1) is 0 Å². The molecule has 0 spiro atoms. The molecule has 1 saturated heterocycles. The van der Waals surface area contributed by atoms with Gasteiger partial charge in [0.2, 0.25) is 11.8 Å². The van der Waals surface area contributed by atoms with Crippen molar-refractivity contribution in [3.05, 3.63) is 81.9 Å². The molecule has 0 radical (unpaired) electrons. The summed E-state index contributed by atoms with van der Waals surface area (Å²) in [6, 6.07) is 13.1. The maximum Gasteiger partial charge on any atom is 0.246 e. The molecule has 0 saturated carbocycles. The zero-order valence-electron chi connectivity index (χ0n) is 22.5. The lowest BCUT2D eigenvalue weighted by atomic mass is 9.70. The van der Waals surface area contributed by atoms with Crippen LogP contribution in [0.5, 0.6) is 5.75 Å². The van der Waals surface area contributed by atoms with Gasteiger partial charge in [0.15, 0.2) is 0 Å². The Kier molecular flexibility index (Phi) is 9.57. The molecule has 1 aliphatic rings. The predicted octanol–water partition coefficient (Wildman–Crippen LogP) is 5.76. The van der Waals surface area contributed by atoms with E-state index >= 15 is 0 Å². The molecule has 39 heavy (non-hydrogen) atoms. The van der Waals surface area contributed by atoms with Gasteiger partial charge in [0.05, 0.1) is 29.2 Å². The third-order valence-electron chi connectivity index (χ3n) is 7.61. The number of aromatic nitrogens is 2. The van der Waals surface area contributed by atoms with Crippen LogP contribution >= 0.6 is 23.2 Å². The maximum absolute atomic E-state index is 14.0. The van der Waals surface area contributed by atoms with Gasteiger partial charge >= 0.3 is 0 Å². The molecular weight excluding hydrogens is 535 g/mol. The number of methoxy groups -OCH3 is 1. The molecule has 2 aromatic carbocycles. The summed E-state index contributed by atoms with van der Waals surface area (Å²) in [6.07, 6.45) is 9.01. The van der Waals surface area contributed by atoms with E-state index in [1.54, 1.807) is 13.4 Å². The van der Waals surface area contributed by atoms with Crippen molar-refractivity contribution >= 4 is 35.0 Å². The van der Waals surface area contributed by atoms with Crippen LogP contribution in [0.3, 0.4) is 0 Å². The molecule has 3 aromatic rings. The van der Waals surface area contributed by atoms with Crippen molar-refractivity contribution in [3.63, 3.8) is 0 Å². The number of imidazole rings is 1. The largest absolute Gasteiger partial charge is 0.497 e. The standard InChI is InChI=1S/C30H36Cl2N4O3/c1-3-4-5-14-30(22-8-12-25(31)26(32)16-22)18-36(19-30)29(38)27(15-21-6-10-24(39-2)11-7-21)35-17-23(34-20-35)9-13-28(33)37/h6-8,10-12,16-17,20,27H,3-5,9,13-15,18-19H2,1-2H3,(H2,33,37)/t27-/m1/s1. The molecule has 0 aliphatic carbocycles. The van der Waals surface area contributed by atoms with E-state index in [1.807, 2.05) is 58.1 Å². The van der Waals surface area contributed by atoms with Gasteiger partial charge in [0.1, 0.15) is 11.8 Å². The molecule has 2 amide bonds. The molecule has 7 nitrogen and oxygen atoms in total. The van der Waals surface area contributed by atoms with Gasteiger partial charge < -0.3 is 19.9 Å². The van der Waals surface area contributed by atoms with Gasteiger partial charge in [0.25, 0.3) is 0 Å². The lowest BCUT2D eigenvalue weighted by molar-refractivity contribution is -0.143. The van der Waals surface area contributed by atoms with Crippen molar-refractivity contribution in [2.24, 2.45) is 5.73 Å². The Labute approximate surface area is 240 Å². The van der Waals surface area contributed by atoms with E-state index in [-0.39, 0.29) is 23.7 Å². The molecule has 1 aromatic heterocycles. The second-order valence-electron chi connectivity index (χ2n) is 10.4. The van der Waals surface area contributed by atoms with Crippen molar-refractivity contribution in [2.45, 2.75) is 63.3 Å². The number of hydrogen-bond donors (Lipinski definition) is 1. The van der Waals surface area contributed by atoms with Crippen LogP contribution < -0.4 is 10.5 Å². The van der Waals surface area contributed by atoms with E-state index in [1.165, 1.54) is 0 Å². The number of amides is 2. The van der Waals surface area contributed by atoms with Crippen LogP contribution in [0.4, 0.5) is 0 Å². The van der Waals surface area contributed by atoms with Crippen molar-refractivity contribution < 1.29 is 14.3 Å². The number of nitrogens with zero attached hydrogens (tertiary/aromatic N) is 3. The number of aryl methyl sites for hydroxylation is 1. The number of unbranched alkanes of at least 4 members (excludes halogenated alkanes) is 2. The summed E-state index contributed by atoms with van der Waals surface area (Å²) in [7, 11) is 1.63. The first-order valence-electron chi connectivity index (χ1n) is 13.4. The molecule has 9 heteroatoms. The maximum atomic E-state index is 14.0. The molecule has 2 heterocycles. The third kappa shape index (κ3) is 6.95. The van der Waals surface area contributed by atoms with E-state index < -0.39 is 6.04 Å². The highest BCUT2D eigenvalue weighted by Gasteiger charge is 2.47. The Morgan fingerprint density at radius 2 is 1.85 bits per heavy atom. The SMILES string of the molecule is CCCCCC1(c2ccc(Cl)c(Cl)c2)CN(C(=O)[C@@H](Cc2ccc(OC)cc2)n2cnc(CCC(N)=O)c2)C1. The van der Waals surface area contributed by atoms with Crippen molar-refractivity contribution in [3.8, 4) is 5.75 Å². The summed E-state index contributed by atoms with van der Waals surface area (Å²) >= 11 is 12.6. The monoisotopic (exact) mass is 570 g/mol. The summed E-state index contributed by atoms with van der Waals surface area (Å²) < 4.78 is 7.16. The molecule has 0 bridgehead atoms. The Bertz CT molecular complexity index is 1290. The summed E-state index contributed by atoms with van der Waals surface area (Å²) in [4.78, 5) is 31.7. The second kappa shape index (κ2) is 12.9. The minimum atomic E-state index is -0.476. The number of halogens is 2. The van der Waals surface area contributed by atoms with Crippen LogP contribution in [0.1, 0.15) is 61.9 Å². The average Bonchev–Trinajstić information content (AvgIpc) is 3.38. The van der Waals surface area contributed by atoms with Crippen LogP contribution in [0.2, 0.25) is 10.0 Å². The summed E-state index contributed by atoms with van der Waals surface area (Å²) in [5.74, 6) is 0.424. The number of ether oxygens (including phenoxy) is 1. The van der Waals surface area contributed by atoms with Gasteiger partial charge in [-0.2, -0.15) is 0 Å². The summed E-state index contributed by atoms with van der Waals surface area (Å²) in [5, 5.41) is 1.07. The van der Waals surface area contributed by atoms with Crippen molar-refractivity contribution in [1.29, 1.82) is 0 Å². The van der Waals surface area contributed by atoms with Gasteiger partial charge in [-0.25, -0.2) is 4.98 Å². The lowest BCUT2D eigenvalue weighted by Gasteiger charge is -2.52. The number of carbonyl (C=O) groups is 2. The molecule has 1 atom stereocenters. The smallest absolute Gasteiger partial charge is 0.246 e. The Balaban J connectivity index is 1.57. The number of hydrogen-bond acceptors (Lipinski definition) is 4. The van der Waals surface area contributed by atoms with Gasteiger partial charge in [-0.05, 0) is 48.2 Å². The van der Waals surface area contributed by atoms with E-state index in [0.717, 1.165) is 48.3 Å². The topological polar surface area (TPSA) is 90.4 Å². The first kappa shape index (κ1) is 29.0. The number of benzene rings is 2. The molecule has 208 valence electrons. The zero-order chi connectivity index (χ0) is 28.0. The molecule has 4 rings (SSSR count). The number of nitrogens with two attached hydrogens (primary N) is 1. The van der Waals surface area contributed by atoms with E-state index in [9.17, 15) is 9.59 Å². The number of primary amides is 1. The normalized spacial score (nSPS) is 15.0. The fourth-order valence-corrected chi connectivity index (χ4v) is 5.61. The van der Waals surface area contributed by atoms with Gasteiger partial charge in [-0.3, -0.25) is 9.59 Å². The fourth-order valence-electron chi connectivity index (χ4n) is 5.31. The second-order valence-corrected chi connectivity index (χ2v) is 11.2. The quantitative estimate of drug-likeness (QED) is 0.264. The van der Waals surface area contributed by atoms with Crippen molar-refractivity contribution in [2.75, 3.05) is 20.2 Å². The van der Waals surface area contributed by atoms with Crippen LogP contribution in [-0.4, -0.2) is 46.5 Å². The van der Waals surface area contributed by atoms with Crippen LogP contribution in [0.15, 0.2) is 55.0 Å². The van der Waals surface area contributed by atoms with Crippen molar-refractivity contribution in [1.82, 2.24) is 14.5 Å². The Morgan fingerprint density at radius 1 is 1.10 bits per heavy atom. The zero-order valence-corrected chi connectivity index (χ0v) is 24.0.